The maximum Gasteiger partial charge on any atom is 0.370 e. The Morgan fingerprint density at radius 3 is 2.92 bits per heavy atom. The van der Waals surface area contributed by atoms with Gasteiger partial charge in [-0.25, -0.2) is 4.79 Å². The average molecular weight is 202 g/mol. The number of ether oxygens (including phenoxy) is 1. The Balaban J connectivity index is 3.74. The Bertz CT molecular complexity index is 270. The van der Waals surface area contributed by atoms with Gasteiger partial charge in [0.2, 0.25) is 4.99 Å². The molecule has 0 bridgehead atoms. The number of carbonyl (C=O) groups excluding carboxylic acids is 1. The van der Waals surface area contributed by atoms with Crippen LogP contribution >= 0.6 is 12.2 Å². The van der Waals surface area contributed by atoms with Crippen molar-refractivity contribution in [1.29, 1.82) is 0 Å². The van der Waals surface area contributed by atoms with Crippen LogP contribution in [0.4, 0.5) is 0 Å². The summed E-state index contributed by atoms with van der Waals surface area (Å²) < 4.78 is 4.50. The summed E-state index contributed by atoms with van der Waals surface area (Å²) in [4.78, 5) is 12.9. The molecule has 9 heteroatoms. The first-order valence-electron chi connectivity index (χ1n) is 3.05. The van der Waals surface area contributed by atoms with E-state index < -0.39 is 5.97 Å². The zero-order valence-corrected chi connectivity index (χ0v) is 7.27. The van der Waals surface area contributed by atoms with Crippen LogP contribution in [0.2, 0.25) is 0 Å². The number of nitrogens with zero attached hydrogens (tertiary/aromatic N) is 5. The molecule has 0 saturated heterocycles. The molecule has 0 rings (SSSR count). The molecule has 0 aliphatic carbocycles. The maximum absolute atomic E-state index is 10.8. The van der Waals surface area contributed by atoms with Gasteiger partial charge in [-0.05, 0) is 17.7 Å². The minimum absolute atomic E-state index is 0.0463. The lowest BCUT2D eigenvalue weighted by molar-refractivity contribution is -0.135. The van der Waals surface area contributed by atoms with Gasteiger partial charge < -0.3 is 10.6 Å². The summed E-state index contributed by atoms with van der Waals surface area (Å²) in [7, 11) is 0. The van der Waals surface area contributed by atoms with Crippen molar-refractivity contribution < 1.29 is 9.53 Å². The van der Waals surface area contributed by atoms with E-state index in [0.717, 1.165) is 0 Å². The van der Waals surface area contributed by atoms with E-state index >= 15 is 0 Å². The fourth-order valence-electron chi connectivity index (χ4n) is 0.379. The molecule has 0 saturated carbocycles. The number of rotatable bonds is 3. The highest BCUT2D eigenvalue weighted by Gasteiger charge is 2.08. The van der Waals surface area contributed by atoms with E-state index in [2.05, 4.69) is 43.2 Å². The van der Waals surface area contributed by atoms with Gasteiger partial charge in [0.15, 0.2) is 0 Å². The molecule has 13 heavy (non-hydrogen) atoms. The van der Waals surface area contributed by atoms with Crippen molar-refractivity contribution >= 4 is 23.2 Å². The lowest BCUT2D eigenvalue weighted by atomic mass is 10.6. The van der Waals surface area contributed by atoms with Crippen LogP contribution in [-0.4, -0.2) is 24.1 Å². The molecule has 0 aliphatic heterocycles. The third-order valence-electron chi connectivity index (χ3n) is 0.811. The molecule has 0 fully saturated rings. The second-order valence-electron chi connectivity index (χ2n) is 1.61. The van der Waals surface area contributed by atoms with Gasteiger partial charge in [0, 0.05) is 4.91 Å². The summed E-state index contributed by atoms with van der Waals surface area (Å²) in [5.74, 6) is 3.82. The third kappa shape index (κ3) is 5.53. The summed E-state index contributed by atoms with van der Waals surface area (Å²) >= 11 is 4.44. The summed E-state index contributed by atoms with van der Waals surface area (Å²) in [6, 6.07) is 0. The van der Waals surface area contributed by atoms with Crippen LogP contribution in [0.5, 0.6) is 0 Å². The molecule has 8 nitrogen and oxygen atoms in total. The molecule has 0 aromatic carbocycles. The standard InChI is InChI=1S/C4H6N6O2S/c5-9-7-1-2-12-4(11)3(13)8-10-6/h1-2H2,(H2,6,8,13). The highest BCUT2D eigenvalue weighted by atomic mass is 32.1. The topological polar surface area (TPSA) is 126 Å². The zero-order valence-electron chi connectivity index (χ0n) is 6.45. The van der Waals surface area contributed by atoms with Gasteiger partial charge in [0.25, 0.3) is 0 Å². The Hall–Kier alpha value is -1.73. The molecule has 0 spiro atoms. The molecule has 0 aromatic heterocycles. The van der Waals surface area contributed by atoms with Gasteiger partial charge >= 0.3 is 5.97 Å². The number of carbonyl (C=O) groups is 1. The molecule has 0 unspecified atom stereocenters. The fraction of sp³-hybridized carbons (Fsp3) is 0.500. The van der Waals surface area contributed by atoms with Gasteiger partial charge in [-0.2, -0.15) is 0 Å². The molecule has 70 valence electrons. The lowest BCUT2D eigenvalue weighted by Crippen LogP contribution is -2.15. The van der Waals surface area contributed by atoms with E-state index in [1.807, 2.05) is 0 Å². The molecule has 2 N–H and O–H groups in total. The van der Waals surface area contributed by atoms with Crippen molar-refractivity contribution in [3.63, 3.8) is 0 Å². The highest BCUT2D eigenvalue weighted by Crippen LogP contribution is 1.87. The van der Waals surface area contributed by atoms with E-state index in [0.29, 0.717) is 0 Å². The summed E-state index contributed by atoms with van der Waals surface area (Å²) in [6.45, 7) is -0.00620. The van der Waals surface area contributed by atoms with E-state index in [4.69, 9.17) is 5.53 Å². The van der Waals surface area contributed by atoms with Crippen LogP contribution in [0.15, 0.2) is 15.5 Å². The van der Waals surface area contributed by atoms with Crippen molar-refractivity contribution in [2.24, 2.45) is 21.3 Å². The van der Waals surface area contributed by atoms with E-state index in [9.17, 15) is 4.79 Å². The number of hydrogen-bond acceptors (Lipinski definition) is 5. The van der Waals surface area contributed by atoms with E-state index in [-0.39, 0.29) is 18.1 Å². The van der Waals surface area contributed by atoms with Gasteiger partial charge in [0.05, 0.1) is 13.2 Å². The smallest absolute Gasteiger partial charge is 0.370 e. The first kappa shape index (κ1) is 11.3. The second kappa shape index (κ2) is 6.95. The minimum atomic E-state index is -0.822. The van der Waals surface area contributed by atoms with E-state index in [1.54, 1.807) is 0 Å². The number of azide groups is 1. The first-order chi connectivity index (χ1) is 6.22. The van der Waals surface area contributed by atoms with Crippen LogP contribution in [0.1, 0.15) is 0 Å². The van der Waals surface area contributed by atoms with Gasteiger partial charge in [-0.1, -0.05) is 10.3 Å². The molecule has 0 aromatic rings. The largest absolute Gasteiger partial charge is 0.460 e. The Kier molecular flexibility index (Phi) is 6.02. The van der Waals surface area contributed by atoms with Crippen LogP contribution in [0.25, 0.3) is 10.4 Å². The zero-order chi connectivity index (χ0) is 10.1. The molecule has 0 heterocycles. The van der Waals surface area contributed by atoms with E-state index in [1.165, 1.54) is 0 Å². The van der Waals surface area contributed by atoms with Crippen LogP contribution in [0, 0.1) is 0 Å². The third-order valence-corrected chi connectivity index (χ3v) is 1.06. The lowest BCUT2D eigenvalue weighted by Gasteiger charge is -1.98. The fourth-order valence-corrected chi connectivity index (χ4v) is 0.485. The predicted molar refractivity (Wildman–Crippen MR) is 46.6 cm³/mol. The van der Waals surface area contributed by atoms with Crippen LogP contribution < -0.4 is 5.84 Å². The van der Waals surface area contributed by atoms with Crippen molar-refractivity contribution in [2.45, 2.75) is 0 Å². The SMILES string of the molecule is [N-]=[N+]=NCCOC(=O)C(=S)N=NN. The Morgan fingerprint density at radius 2 is 2.38 bits per heavy atom. The number of nitrogens with two attached hydrogens (primary N) is 1. The first-order valence-corrected chi connectivity index (χ1v) is 3.46. The van der Waals surface area contributed by atoms with Gasteiger partial charge in [-0.15, -0.1) is 5.11 Å². The monoisotopic (exact) mass is 202 g/mol. The Morgan fingerprint density at radius 1 is 1.69 bits per heavy atom. The Labute approximate surface area is 78.4 Å². The minimum Gasteiger partial charge on any atom is -0.460 e. The van der Waals surface area contributed by atoms with Crippen molar-refractivity contribution in [1.82, 2.24) is 0 Å². The van der Waals surface area contributed by atoms with Crippen molar-refractivity contribution in [3.05, 3.63) is 10.4 Å². The number of hydrogen-bond donors (Lipinski definition) is 1. The van der Waals surface area contributed by atoms with Gasteiger partial charge in [-0.3, -0.25) is 0 Å². The van der Waals surface area contributed by atoms with Crippen LogP contribution in [0.3, 0.4) is 0 Å². The summed E-state index contributed by atoms with van der Waals surface area (Å²) in [6.07, 6.45) is 0. The second-order valence-corrected chi connectivity index (χ2v) is 2.00. The van der Waals surface area contributed by atoms with Crippen molar-refractivity contribution in [2.75, 3.05) is 13.2 Å². The predicted octanol–water partition coefficient (Wildman–Crippen LogP) is 0.493. The molecular weight excluding hydrogens is 196 g/mol. The molecule has 0 aliphatic rings. The molecule has 0 amide bonds. The van der Waals surface area contributed by atoms with Crippen LogP contribution in [-0.2, 0) is 9.53 Å². The molecule has 0 radical (unpaired) electrons. The normalized spacial score (nSPS) is 9.23. The highest BCUT2D eigenvalue weighted by molar-refractivity contribution is 7.82. The number of thiocarbonyl (C=S) groups is 1. The quantitative estimate of drug-likeness (QED) is 0.104. The number of esters is 1. The average Bonchev–Trinajstić information content (AvgIpc) is 2.12. The summed E-state index contributed by atoms with van der Waals surface area (Å²) in [5, 5.41) is 9.01. The van der Waals surface area contributed by atoms with Crippen molar-refractivity contribution in [3.8, 4) is 0 Å². The van der Waals surface area contributed by atoms with Gasteiger partial charge in [0.1, 0.15) is 0 Å². The summed E-state index contributed by atoms with van der Waals surface area (Å²) in [5.41, 5.74) is 7.87. The molecular formula is C4H6N6O2S. The maximum atomic E-state index is 10.8. The molecule has 0 atom stereocenters.